The van der Waals surface area contributed by atoms with E-state index in [0.29, 0.717) is 6.42 Å². The predicted octanol–water partition coefficient (Wildman–Crippen LogP) is 6.08. The molecule has 133 valence electrons. The van der Waals surface area contributed by atoms with Crippen molar-refractivity contribution >= 4 is 30.9 Å². The van der Waals surface area contributed by atoms with Gasteiger partial charge in [0.2, 0.25) is 0 Å². The second-order valence-corrected chi connectivity index (χ2v) is 7.75. The molecule has 1 unspecified atom stereocenters. The monoisotopic (exact) mass is 467 g/mol. The first-order valence-electron chi connectivity index (χ1n) is 7.95. The molecule has 0 spiro atoms. The number of allylic oxidation sites excluding steroid dienone is 5. The molecule has 2 aromatic rings. The Morgan fingerprint density at radius 1 is 0.923 bits per heavy atom. The van der Waals surface area contributed by atoms with Crippen molar-refractivity contribution < 1.29 is 33.5 Å². The summed E-state index contributed by atoms with van der Waals surface area (Å²) >= 11 is 1.36. The first-order valence-corrected chi connectivity index (χ1v) is 9.18. The first kappa shape index (κ1) is 21.3. The zero-order valence-electron chi connectivity index (χ0n) is 13.8. The Bertz CT molecular complexity index is 898. The zero-order valence-corrected chi connectivity index (χ0v) is 17.9. The molecule has 1 atom stereocenters. The van der Waals surface area contributed by atoms with Crippen LogP contribution in [-0.2, 0) is 36.6 Å². The fourth-order valence-electron chi connectivity index (χ4n) is 3.76. The van der Waals surface area contributed by atoms with Crippen molar-refractivity contribution in [3.05, 3.63) is 97.9 Å². The van der Waals surface area contributed by atoms with Crippen LogP contribution in [0.3, 0.4) is 0 Å². The van der Waals surface area contributed by atoms with Crippen molar-refractivity contribution in [3.8, 4) is 0 Å². The van der Waals surface area contributed by atoms with Gasteiger partial charge in [0.1, 0.15) is 0 Å². The van der Waals surface area contributed by atoms with E-state index in [4.69, 9.17) is 0 Å². The Labute approximate surface area is 179 Å². The van der Waals surface area contributed by atoms with E-state index >= 15 is 0 Å². The van der Waals surface area contributed by atoms with Crippen LogP contribution in [0.5, 0.6) is 0 Å². The van der Waals surface area contributed by atoms with Crippen molar-refractivity contribution in [1.29, 1.82) is 0 Å². The van der Waals surface area contributed by atoms with E-state index in [1.807, 2.05) is 12.1 Å². The molecule has 5 heteroatoms. The number of rotatable bonds is 3. The number of hydrogen-bond donors (Lipinski definition) is 0. The summed E-state index contributed by atoms with van der Waals surface area (Å²) in [6.45, 7) is 0. The maximum absolute atomic E-state index is 14.3. The summed E-state index contributed by atoms with van der Waals surface area (Å²) in [7, 11) is 0. The molecule has 0 nitrogen and oxygen atoms in total. The molecule has 4 rings (SSSR count). The maximum atomic E-state index is 14.3. The van der Waals surface area contributed by atoms with E-state index in [1.54, 1.807) is 0 Å². The van der Waals surface area contributed by atoms with Crippen LogP contribution >= 0.6 is 24.8 Å². The minimum atomic E-state index is -0.481. The normalized spacial score (nSPS) is 19.9. The van der Waals surface area contributed by atoms with E-state index in [0.717, 1.165) is 17.5 Å². The van der Waals surface area contributed by atoms with E-state index < -0.39 is 17.0 Å². The Morgan fingerprint density at radius 3 is 2.27 bits per heavy atom. The Hall–Kier alpha value is -1.02. The Balaban J connectivity index is 0.00000121. The molecule has 0 amide bonds. The van der Waals surface area contributed by atoms with Crippen molar-refractivity contribution in [2.24, 2.45) is 0 Å². The Morgan fingerprint density at radius 2 is 1.62 bits per heavy atom. The number of benzene rings is 2. The van der Waals surface area contributed by atoms with Gasteiger partial charge in [-0.1, -0.05) is 0 Å². The van der Waals surface area contributed by atoms with Crippen LogP contribution in [-0.4, -0.2) is 0 Å². The van der Waals surface area contributed by atoms with E-state index in [9.17, 15) is 8.78 Å². The summed E-state index contributed by atoms with van der Waals surface area (Å²) in [5, 5.41) is 0. The molecule has 0 heterocycles. The molecular formula is C21H17Cl2F2Zr. The third kappa shape index (κ3) is 3.42. The Kier molecular flexibility index (Phi) is 6.82. The van der Waals surface area contributed by atoms with E-state index in [2.05, 4.69) is 36.4 Å². The van der Waals surface area contributed by atoms with Gasteiger partial charge in [0, 0.05) is 0 Å². The van der Waals surface area contributed by atoms with Gasteiger partial charge in [-0.2, -0.15) is 0 Å². The van der Waals surface area contributed by atoms with Gasteiger partial charge >= 0.3 is 156 Å². The standard InChI is InChI=1S/C21H15F2.2ClH.Zr/c22-19-10-5-11-20(23)17(19)14-21(16-7-2-3-8-16)13-12-15-6-1-4-9-18(15)21;;;/h1-2,4-7,9-13H,3,14H2;2*1H;. The third-order valence-electron chi connectivity index (χ3n) is 4.92. The van der Waals surface area contributed by atoms with Gasteiger partial charge in [0.15, 0.2) is 0 Å². The summed E-state index contributed by atoms with van der Waals surface area (Å²) in [5.74, 6) is -0.944. The fraction of sp³-hybridized carbons (Fsp3) is 0.143. The third-order valence-corrected chi connectivity index (χ3v) is 6.08. The molecule has 0 N–H and O–H groups in total. The van der Waals surface area contributed by atoms with Gasteiger partial charge in [-0.25, -0.2) is 0 Å². The van der Waals surface area contributed by atoms with Crippen LogP contribution < -0.4 is 0 Å². The summed E-state index contributed by atoms with van der Waals surface area (Å²) in [6, 6.07) is 12.2. The van der Waals surface area contributed by atoms with Crippen LogP contribution in [0.2, 0.25) is 0 Å². The molecule has 0 bridgehead atoms. The number of hydrogen-bond acceptors (Lipinski definition) is 0. The summed E-state index contributed by atoms with van der Waals surface area (Å²) < 4.78 is 30.0. The fourth-order valence-corrected chi connectivity index (χ4v) is 4.80. The average molecular weight is 469 g/mol. The van der Waals surface area contributed by atoms with Crippen molar-refractivity contribution in [2.75, 3.05) is 0 Å². The van der Waals surface area contributed by atoms with Crippen LogP contribution in [0.25, 0.3) is 6.08 Å². The molecule has 0 aromatic heterocycles. The van der Waals surface area contributed by atoms with Crippen molar-refractivity contribution in [3.63, 3.8) is 0 Å². The average Bonchev–Trinajstić information content (AvgIpc) is 3.16. The summed E-state index contributed by atoms with van der Waals surface area (Å²) in [4.78, 5) is 0. The molecule has 0 aliphatic heterocycles. The zero-order chi connectivity index (χ0) is 16.7. The van der Waals surface area contributed by atoms with Gasteiger partial charge < -0.3 is 0 Å². The van der Waals surface area contributed by atoms with Crippen LogP contribution in [0.4, 0.5) is 8.78 Å². The molecule has 2 aliphatic carbocycles. The molecule has 2 aromatic carbocycles. The van der Waals surface area contributed by atoms with E-state index in [1.165, 1.54) is 51.8 Å². The quantitative estimate of drug-likeness (QED) is 0.512. The summed E-state index contributed by atoms with van der Waals surface area (Å²) in [5.41, 5.74) is 3.14. The van der Waals surface area contributed by atoms with Crippen molar-refractivity contribution in [2.45, 2.75) is 18.3 Å². The SMILES string of the molecule is Cl.Cl.Fc1cccc(F)c1CC1(C2=[C]([Zr])CC=C2)C=Cc2ccccc21. The molecule has 0 saturated carbocycles. The van der Waals surface area contributed by atoms with Gasteiger partial charge in [0.05, 0.1) is 0 Å². The number of halogens is 4. The van der Waals surface area contributed by atoms with Crippen LogP contribution in [0.15, 0.2) is 69.5 Å². The molecular weight excluding hydrogens is 452 g/mol. The van der Waals surface area contributed by atoms with E-state index in [-0.39, 0.29) is 30.4 Å². The van der Waals surface area contributed by atoms with Gasteiger partial charge in [-0.05, 0) is 0 Å². The van der Waals surface area contributed by atoms with Crippen molar-refractivity contribution in [1.82, 2.24) is 0 Å². The second-order valence-electron chi connectivity index (χ2n) is 6.27. The first-order chi connectivity index (χ1) is 11.6. The minimum absolute atomic E-state index is 0. The molecule has 0 radical (unpaired) electrons. The van der Waals surface area contributed by atoms with Crippen LogP contribution in [0.1, 0.15) is 23.1 Å². The molecule has 0 saturated heterocycles. The molecule has 26 heavy (non-hydrogen) atoms. The van der Waals surface area contributed by atoms with Gasteiger partial charge in [-0.15, -0.1) is 24.8 Å². The topological polar surface area (TPSA) is 0 Å². The summed E-state index contributed by atoms with van der Waals surface area (Å²) in [6.07, 6.45) is 9.72. The number of fused-ring (bicyclic) bond motifs is 1. The van der Waals surface area contributed by atoms with Gasteiger partial charge in [0.25, 0.3) is 0 Å². The van der Waals surface area contributed by atoms with Crippen LogP contribution in [0, 0.1) is 11.6 Å². The molecule has 0 fully saturated rings. The second kappa shape index (κ2) is 8.34. The van der Waals surface area contributed by atoms with Gasteiger partial charge in [-0.3, -0.25) is 0 Å². The molecule has 2 aliphatic rings. The predicted molar refractivity (Wildman–Crippen MR) is 102 cm³/mol.